The monoisotopic (exact) mass is 373 g/mol. The zero-order chi connectivity index (χ0) is 19.3. The van der Waals surface area contributed by atoms with Crippen molar-refractivity contribution in [2.45, 2.75) is 12.4 Å². The van der Waals surface area contributed by atoms with Gasteiger partial charge in [-0.2, -0.15) is 0 Å². The molecule has 0 aliphatic carbocycles. The molecule has 6 nitrogen and oxygen atoms in total. The van der Waals surface area contributed by atoms with Crippen molar-refractivity contribution in [1.29, 1.82) is 0 Å². The summed E-state index contributed by atoms with van der Waals surface area (Å²) in [6, 6.07) is 16.8. The molecule has 0 aliphatic heterocycles. The minimum absolute atomic E-state index is 0.219. The maximum atomic E-state index is 12.8. The Labute approximate surface area is 159 Å². The fraction of sp³-hybridized carbons (Fsp3) is 0.0952. The standard InChI is InChI=1S/C21H16BNO5/c24-21(16-10-18-14-6-1-2-7-15(14)20(16)28-18)23-19(22(25)26)9-12-11-27-17-8-4-3-5-13(12)17/h1-8,10-11,19,25-26H,9H2,(H,23,24)/t19-/m0/s1. The van der Waals surface area contributed by atoms with Gasteiger partial charge in [0.1, 0.15) is 16.7 Å². The van der Waals surface area contributed by atoms with Crippen LogP contribution in [-0.2, 0) is 6.42 Å². The van der Waals surface area contributed by atoms with Crippen LogP contribution in [0.1, 0.15) is 15.9 Å². The summed E-state index contributed by atoms with van der Waals surface area (Å²) in [4.78, 5) is 12.8. The quantitative estimate of drug-likeness (QED) is 0.412. The molecule has 3 aromatic heterocycles. The number of hydrogen-bond acceptors (Lipinski definition) is 5. The van der Waals surface area contributed by atoms with E-state index in [-0.39, 0.29) is 6.42 Å². The van der Waals surface area contributed by atoms with Crippen LogP contribution in [-0.4, -0.2) is 29.0 Å². The van der Waals surface area contributed by atoms with Crippen molar-refractivity contribution in [3.63, 3.8) is 0 Å². The third-order valence-corrected chi connectivity index (χ3v) is 5.09. The average Bonchev–Trinajstić information content (AvgIpc) is 3.41. The van der Waals surface area contributed by atoms with E-state index in [1.807, 2.05) is 48.5 Å². The first-order chi connectivity index (χ1) is 13.6. The molecule has 0 saturated carbocycles. The Morgan fingerprint density at radius 1 is 1.00 bits per heavy atom. The zero-order valence-electron chi connectivity index (χ0n) is 14.8. The summed E-state index contributed by atoms with van der Waals surface area (Å²) < 4.78 is 11.2. The number of benzene rings is 3. The van der Waals surface area contributed by atoms with Crippen molar-refractivity contribution >= 4 is 45.9 Å². The van der Waals surface area contributed by atoms with Gasteiger partial charge in [0.2, 0.25) is 0 Å². The van der Waals surface area contributed by atoms with Crippen LogP contribution in [0, 0.1) is 0 Å². The van der Waals surface area contributed by atoms with Crippen LogP contribution in [0.5, 0.6) is 0 Å². The van der Waals surface area contributed by atoms with Crippen LogP contribution in [0.4, 0.5) is 0 Å². The molecule has 0 fully saturated rings. The highest BCUT2D eigenvalue weighted by molar-refractivity contribution is 6.44. The van der Waals surface area contributed by atoms with Gasteiger partial charge in [0, 0.05) is 16.2 Å². The zero-order valence-corrected chi connectivity index (χ0v) is 14.8. The first-order valence-corrected chi connectivity index (χ1v) is 8.97. The number of rotatable bonds is 5. The molecule has 3 heterocycles. The number of amides is 1. The van der Waals surface area contributed by atoms with Crippen LogP contribution >= 0.6 is 0 Å². The highest BCUT2D eigenvalue weighted by Gasteiger charge is 2.29. The van der Waals surface area contributed by atoms with Crippen LogP contribution in [0.2, 0.25) is 0 Å². The minimum Gasteiger partial charge on any atom is -0.464 e. The van der Waals surface area contributed by atoms with E-state index in [1.165, 1.54) is 0 Å². The van der Waals surface area contributed by atoms with Crippen molar-refractivity contribution < 1.29 is 23.7 Å². The Morgan fingerprint density at radius 2 is 1.71 bits per heavy atom. The second-order valence-corrected chi connectivity index (χ2v) is 6.85. The van der Waals surface area contributed by atoms with E-state index in [0.29, 0.717) is 22.3 Å². The van der Waals surface area contributed by atoms with Gasteiger partial charge >= 0.3 is 7.12 Å². The lowest BCUT2D eigenvalue weighted by atomic mass is 9.75. The fourth-order valence-corrected chi connectivity index (χ4v) is 3.69. The first kappa shape index (κ1) is 16.9. The lowest BCUT2D eigenvalue weighted by Gasteiger charge is -2.17. The van der Waals surface area contributed by atoms with E-state index in [9.17, 15) is 14.8 Å². The lowest BCUT2D eigenvalue weighted by Crippen LogP contribution is -2.47. The molecule has 1 amide bonds. The van der Waals surface area contributed by atoms with E-state index in [1.54, 1.807) is 12.3 Å². The van der Waals surface area contributed by atoms with Crippen molar-refractivity contribution in [1.82, 2.24) is 5.32 Å². The molecular weight excluding hydrogens is 357 g/mol. The number of furan rings is 3. The van der Waals surface area contributed by atoms with Gasteiger partial charge in [-0.05, 0) is 24.1 Å². The van der Waals surface area contributed by atoms with Gasteiger partial charge in [0.05, 0.1) is 17.8 Å². The lowest BCUT2D eigenvalue weighted by molar-refractivity contribution is 0.0943. The van der Waals surface area contributed by atoms with Gasteiger partial charge in [-0.3, -0.25) is 4.79 Å². The minimum atomic E-state index is -1.72. The van der Waals surface area contributed by atoms with Gasteiger partial charge in [0.15, 0.2) is 0 Å². The van der Waals surface area contributed by atoms with Crippen LogP contribution in [0.3, 0.4) is 0 Å². The SMILES string of the molecule is O=C(N[C@@H](Cc1coc2ccccc12)B(O)O)c1cc2oc1c1ccccc21. The largest absolute Gasteiger partial charge is 0.475 e. The predicted molar refractivity (Wildman–Crippen MR) is 106 cm³/mol. The third-order valence-electron chi connectivity index (χ3n) is 5.09. The molecule has 5 rings (SSSR count). The molecule has 138 valence electrons. The number of carbonyl (C=O) groups excluding carboxylic acids is 1. The fourth-order valence-electron chi connectivity index (χ4n) is 3.69. The number of nitrogens with one attached hydrogen (secondary N) is 1. The van der Waals surface area contributed by atoms with E-state index >= 15 is 0 Å². The molecule has 2 bridgehead atoms. The van der Waals surface area contributed by atoms with E-state index < -0.39 is 19.0 Å². The normalized spacial score (nSPS) is 12.8. The van der Waals surface area contributed by atoms with Crippen molar-refractivity contribution in [3.05, 3.63) is 72.0 Å². The number of para-hydroxylation sites is 1. The molecule has 0 spiro atoms. The third kappa shape index (κ3) is 2.64. The maximum Gasteiger partial charge on any atom is 0.475 e. The van der Waals surface area contributed by atoms with Crippen molar-refractivity contribution in [2.24, 2.45) is 0 Å². The second-order valence-electron chi connectivity index (χ2n) is 6.85. The summed E-state index contributed by atoms with van der Waals surface area (Å²) in [5.74, 6) is -1.31. The van der Waals surface area contributed by atoms with Gasteiger partial charge in [-0.25, -0.2) is 0 Å². The molecule has 0 aliphatic rings. The number of carbonyl (C=O) groups is 1. The van der Waals surface area contributed by atoms with Crippen LogP contribution < -0.4 is 5.32 Å². The molecule has 7 heteroatoms. The van der Waals surface area contributed by atoms with Gasteiger partial charge in [-0.1, -0.05) is 42.5 Å². The highest BCUT2D eigenvalue weighted by atomic mass is 16.4. The van der Waals surface area contributed by atoms with E-state index in [4.69, 9.17) is 8.83 Å². The molecule has 0 unspecified atom stereocenters. The Bertz CT molecular complexity index is 1290. The predicted octanol–water partition coefficient (Wildman–Crippen LogP) is 3.12. The Balaban J connectivity index is 1.43. The summed E-state index contributed by atoms with van der Waals surface area (Å²) in [6.45, 7) is 0. The van der Waals surface area contributed by atoms with Gasteiger partial charge in [0.25, 0.3) is 5.91 Å². The van der Waals surface area contributed by atoms with Crippen LogP contribution in [0.25, 0.3) is 32.9 Å². The summed E-state index contributed by atoms with van der Waals surface area (Å²) >= 11 is 0. The Kier molecular flexibility index (Phi) is 3.85. The maximum absolute atomic E-state index is 12.8. The number of fused-ring (bicyclic) bond motifs is 6. The summed E-state index contributed by atoms with van der Waals surface area (Å²) in [7, 11) is -1.72. The topological polar surface area (TPSA) is 95.8 Å². The Morgan fingerprint density at radius 3 is 2.50 bits per heavy atom. The van der Waals surface area contributed by atoms with Crippen molar-refractivity contribution in [3.8, 4) is 0 Å². The second kappa shape index (κ2) is 6.40. The molecule has 2 aromatic carbocycles. The van der Waals surface area contributed by atoms with E-state index in [2.05, 4.69) is 5.32 Å². The molecule has 28 heavy (non-hydrogen) atoms. The summed E-state index contributed by atoms with van der Waals surface area (Å²) in [5, 5.41) is 25.0. The average molecular weight is 373 g/mol. The first-order valence-electron chi connectivity index (χ1n) is 8.97. The van der Waals surface area contributed by atoms with Gasteiger partial charge < -0.3 is 24.2 Å². The van der Waals surface area contributed by atoms with E-state index in [0.717, 1.165) is 21.7 Å². The van der Waals surface area contributed by atoms with Crippen LogP contribution in [0.15, 0.2) is 69.7 Å². The molecule has 5 aromatic rings. The number of hydrogen-bond donors (Lipinski definition) is 3. The van der Waals surface area contributed by atoms with Crippen molar-refractivity contribution in [2.75, 3.05) is 0 Å². The molecule has 0 saturated heterocycles. The van der Waals surface area contributed by atoms with Gasteiger partial charge in [-0.15, -0.1) is 0 Å². The highest BCUT2D eigenvalue weighted by Crippen LogP contribution is 2.34. The molecule has 0 radical (unpaired) electrons. The summed E-state index contributed by atoms with van der Waals surface area (Å²) in [5.41, 5.74) is 3.03. The molecule has 1 atom stereocenters. The summed E-state index contributed by atoms with van der Waals surface area (Å²) in [6.07, 6.45) is 1.80. The smallest absolute Gasteiger partial charge is 0.464 e. The molecule has 3 N–H and O–H groups in total. The Hall–Kier alpha value is -3.29. The molecular formula is C21H16BNO5.